The molecule has 2 aromatic carbocycles. The zero-order valence-corrected chi connectivity index (χ0v) is 25.3. The van der Waals surface area contributed by atoms with Crippen LogP contribution < -0.4 is 10.5 Å². The lowest BCUT2D eigenvalue weighted by Crippen LogP contribution is -2.44. The molecule has 11 nitrogen and oxygen atoms in total. The molecule has 0 saturated heterocycles. The molecule has 3 aromatic heterocycles. The Morgan fingerprint density at radius 1 is 1.16 bits per heavy atom. The summed E-state index contributed by atoms with van der Waals surface area (Å²) in [6, 6.07) is 12.1. The standard InChI is InChI=1S/C33H38N8O3/c1-20-7-8-22(16-34)18-40(20)33(43)24-13-26-31(29(15-24)44-3)38(2)32(35-26)28-14-23-5-4-6-25(27-19-39(11-12-42)37-36-27)30(23)41(28)17-21-9-10-21/h4-8,13-15,19-22,42H,9-12,16-18,34H2,1-3H3/t20-,22?/m0/s1. The average molecular weight is 595 g/mol. The van der Waals surface area contributed by atoms with Crippen LogP contribution in [0, 0.1) is 11.8 Å². The van der Waals surface area contributed by atoms with Crippen LogP contribution in [0.1, 0.15) is 30.1 Å². The molecule has 2 atom stereocenters. The zero-order chi connectivity index (χ0) is 30.5. The van der Waals surface area contributed by atoms with Crippen molar-refractivity contribution in [3.8, 4) is 28.5 Å². The molecular weight excluding hydrogens is 556 g/mol. The monoisotopic (exact) mass is 594 g/mol. The molecule has 1 unspecified atom stereocenters. The predicted octanol–water partition coefficient (Wildman–Crippen LogP) is 3.84. The molecule has 0 spiro atoms. The van der Waals surface area contributed by atoms with Crippen LogP contribution in [0.2, 0.25) is 0 Å². The van der Waals surface area contributed by atoms with Crippen LogP contribution in [0.3, 0.4) is 0 Å². The van der Waals surface area contributed by atoms with Crippen LogP contribution in [0.4, 0.5) is 0 Å². The third-order valence-corrected chi connectivity index (χ3v) is 8.98. The van der Waals surface area contributed by atoms with Crippen molar-refractivity contribution < 1.29 is 14.6 Å². The number of nitrogens with two attached hydrogens (primary N) is 1. The van der Waals surface area contributed by atoms with Gasteiger partial charge in [-0.3, -0.25) is 4.79 Å². The van der Waals surface area contributed by atoms with Crippen molar-refractivity contribution in [1.29, 1.82) is 0 Å². The maximum Gasteiger partial charge on any atom is 0.254 e. The van der Waals surface area contributed by atoms with E-state index in [0.29, 0.717) is 42.4 Å². The number of aromatic nitrogens is 6. The third kappa shape index (κ3) is 4.86. The summed E-state index contributed by atoms with van der Waals surface area (Å²) in [7, 11) is 3.63. The van der Waals surface area contributed by atoms with Crippen LogP contribution in [0.5, 0.6) is 5.75 Å². The molecule has 1 aliphatic carbocycles. The average Bonchev–Trinajstić information content (AvgIpc) is 3.45. The minimum atomic E-state index is -0.0607. The predicted molar refractivity (Wildman–Crippen MR) is 169 cm³/mol. The first kappa shape index (κ1) is 28.3. The van der Waals surface area contributed by atoms with Crippen molar-refractivity contribution in [3.05, 3.63) is 60.3 Å². The number of fused-ring (bicyclic) bond motifs is 2. The summed E-state index contributed by atoms with van der Waals surface area (Å²) in [5.41, 5.74) is 11.9. The van der Waals surface area contributed by atoms with E-state index >= 15 is 0 Å². The number of amides is 1. The Hall–Kier alpha value is -4.48. The molecular formula is C33H38N8O3. The number of imidazole rings is 1. The summed E-state index contributed by atoms with van der Waals surface area (Å²) < 4.78 is 12.0. The summed E-state index contributed by atoms with van der Waals surface area (Å²) in [5, 5.41) is 19.1. The van der Waals surface area contributed by atoms with Gasteiger partial charge in [-0.2, -0.15) is 0 Å². The highest BCUT2D eigenvalue weighted by Crippen LogP contribution is 2.40. The quantitative estimate of drug-likeness (QED) is 0.248. The lowest BCUT2D eigenvalue weighted by molar-refractivity contribution is 0.0693. The van der Waals surface area contributed by atoms with Crippen molar-refractivity contribution in [3.63, 3.8) is 0 Å². The number of aliphatic hydroxyl groups is 1. The fourth-order valence-electron chi connectivity index (χ4n) is 6.41. The van der Waals surface area contributed by atoms with E-state index in [4.69, 9.17) is 15.5 Å². The second-order valence-electron chi connectivity index (χ2n) is 12.0. The van der Waals surface area contributed by atoms with E-state index in [9.17, 15) is 9.90 Å². The molecule has 3 N–H and O–H groups in total. The zero-order valence-electron chi connectivity index (χ0n) is 25.3. The van der Waals surface area contributed by atoms with E-state index in [-0.39, 0.29) is 24.5 Å². The van der Waals surface area contributed by atoms with Gasteiger partial charge in [0, 0.05) is 55.2 Å². The first-order valence-electron chi connectivity index (χ1n) is 15.3. The number of rotatable bonds is 9. The van der Waals surface area contributed by atoms with Gasteiger partial charge in [-0.05, 0) is 43.9 Å². The molecule has 1 fully saturated rings. The van der Waals surface area contributed by atoms with Gasteiger partial charge >= 0.3 is 0 Å². The van der Waals surface area contributed by atoms with Gasteiger partial charge in [0.2, 0.25) is 0 Å². The smallest absolute Gasteiger partial charge is 0.254 e. The number of hydrogen-bond donors (Lipinski definition) is 2. The van der Waals surface area contributed by atoms with Gasteiger partial charge < -0.3 is 29.6 Å². The maximum atomic E-state index is 13.8. The fourth-order valence-corrected chi connectivity index (χ4v) is 6.41. The molecule has 4 heterocycles. The number of benzene rings is 2. The summed E-state index contributed by atoms with van der Waals surface area (Å²) in [6.07, 6.45) is 8.43. The molecule has 7 rings (SSSR count). The van der Waals surface area contributed by atoms with Crippen molar-refractivity contribution in [2.45, 2.75) is 38.9 Å². The highest BCUT2D eigenvalue weighted by molar-refractivity contribution is 6.01. The highest BCUT2D eigenvalue weighted by Gasteiger charge is 2.29. The maximum absolute atomic E-state index is 13.8. The van der Waals surface area contributed by atoms with Gasteiger partial charge in [0.25, 0.3) is 5.91 Å². The topological polar surface area (TPSA) is 129 Å². The van der Waals surface area contributed by atoms with E-state index in [0.717, 1.165) is 45.7 Å². The molecule has 1 saturated carbocycles. The van der Waals surface area contributed by atoms with Gasteiger partial charge in [0.15, 0.2) is 5.82 Å². The number of ether oxygens (including phenoxy) is 1. The summed E-state index contributed by atoms with van der Waals surface area (Å²) in [6.45, 7) is 4.36. The van der Waals surface area contributed by atoms with Crippen molar-refractivity contribution >= 4 is 27.8 Å². The number of aliphatic hydroxyl groups excluding tert-OH is 1. The Balaban J connectivity index is 1.36. The number of carbonyl (C=O) groups is 1. The SMILES string of the molecule is COc1cc(C(=O)N2CC(CN)C=C[C@@H]2C)cc2nc(-c3cc4cccc(-c5cn(CCO)nn5)c4n3CC3CC3)n(C)c12. The highest BCUT2D eigenvalue weighted by atomic mass is 16.5. The molecule has 1 amide bonds. The van der Waals surface area contributed by atoms with Crippen LogP contribution in [0.15, 0.2) is 54.7 Å². The van der Waals surface area contributed by atoms with Gasteiger partial charge in [-0.25, -0.2) is 9.67 Å². The van der Waals surface area contributed by atoms with E-state index < -0.39 is 0 Å². The lowest BCUT2D eigenvalue weighted by atomic mass is 10.00. The van der Waals surface area contributed by atoms with Crippen LogP contribution in [0.25, 0.3) is 44.7 Å². The van der Waals surface area contributed by atoms with E-state index in [2.05, 4.69) is 43.7 Å². The van der Waals surface area contributed by atoms with Crippen LogP contribution in [-0.2, 0) is 20.1 Å². The first-order chi connectivity index (χ1) is 21.4. The van der Waals surface area contributed by atoms with Gasteiger partial charge in [0.05, 0.1) is 43.2 Å². The molecule has 1 aliphatic heterocycles. The first-order valence-corrected chi connectivity index (χ1v) is 15.3. The fraction of sp³-hybridized carbons (Fsp3) is 0.394. The summed E-state index contributed by atoms with van der Waals surface area (Å²) in [5.74, 6) is 2.09. The molecule has 44 heavy (non-hydrogen) atoms. The van der Waals surface area contributed by atoms with E-state index in [1.165, 1.54) is 12.8 Å². The number of para-hydroxylation sites is 1. The molecule has 2 aliphatic rings. The number of carbonyl (C=O) groups excluding carboxylic acids is 1. The second-order valence-corrected chi connectivity index (χ2v) is 12.0. The Morgan fingerprint density at radius 3 is 2.75 bits per heavy atom. The van der Waals surface area contributed by atoms with Gasteiger partial charge in [-0.15, -0.1) is 5.10 Å². The summed E-state index contributed by atoms with van der Waals surface area (Å²) in [4.78, 5) is 20.8. The number of hydrogen-bond acceptors (Lipinski definition) is 7. The molecule has 5 aromatic rings. The minimum absolute atomic E-state index is 0.00101. The molecule has 228 valence electrons. The third-order valence-electron chi connectivity index (χ3n) is 8.98. The number of aryl methyl sites for hydroxylation is 1. The van der Waals surface area contributed by atoms with Crippen molar-refractivity contribution in [2.75, 3.05) is 26.8 Å². The van der Waals surface area contributed by atoms with Crippen molar-refractivity contribution in [2.24, 2.45) is 24.6 Å². The van der Waals surface area contributed by atoms with Gasteiger partial charge in [0.1, 0.15) is 17.0 Å². The minimum Gasteiger partial charge on any atom is -0.494 e. The van der Waals surface area contributed by atoms with E-state index in [1.807, 2.05) is 49.3 Å². The largest absolute Gasteiger partial charge is 0.494 e. The molecule has 0 radical (unpaired) electrons. The van der Waals surface area contributed by atoms with E-state index in [1.54, 1.807) is 11.8 Å². The lowest BCUT2D eigenvalue weighted by Gasteiger charge is -2.33. The Morgan fingerprint density at radius 2 is 2.00 bits per heavy atom. The van der Waals surface area contributed by atoms with Crippen LogP contribution in [-0.4, -0.2) is 77.9 Å². The number of methoxy groups -OCH3 is 1. The second kappa shape index (κ2) is 11.2. The van der Waals surface area contributed by atoms with Crippen molar-refractivity contribution in [1.82, 2.24) is 34.0 Å². The normalized spacial score (nSPS) is 18.5. The number of nitrogens with zero attached hydrogens (tertiary/aromatic N) is 7. The Labute approximate surface area is 255 Å². The molecule has 0 bridgehead atoms. The molecule has 11 heteroatoms. The Bertz CT molecular complexity index is 1900. The van der Waals surface area contributed by atoms with Gasteiger partial charge in [-0.1, -0.05) is 35.6 Å². The summed E-state index contributed by atoms with van der Waals surface area (Å²) >= 11 is 0. The van der Waals surface area contributed by atoms with Crippen LogP contribution >= 0.6 is 0 Å². The Kier molecular flexibility index (Phi) is 7.22.